The first-order valence-electron chi connectivity index (χ1n) is 16.6. The molecule has 0 fully saturated rings. The second-order valence-corrected chi connectivity index (χ2v) is 13.5. The fourth-order valence-corrected chi connectivity index (χ4v) is 8.59. The van der Waals surface area contributed by atoms with Gasteiger partial charge in [-0.15, -0.1) is 11.3 Å². The first-order chi connectivity index (χ1) is 24.3. The molecule has 0 radical (unpaired) electrons. The predicted octanol–water partition coefficient (Wildman–Crippen LogP) is 13.9. The third-order valence-corrected chi connectivity index (χ3v) is 10.9. The highest BCUT2D eigenvalue weighted by Crippen LogP contribution is 2.47. The Morgan fingerprint density at radius 1 is 0.449 bits per heavy atom. The largest absolute Gasteiger partial charge is 0.454 e. The molecule has 3 heteroatoms. The Hall–Kier alpha value is -6.16. The maximum atomic E-state index is 6.79. The number of anilines is 3. The molecule has 0 atom stereocenters. The monoisotopic (exact) mass is 643 g/mol. The number of thiophene rings is 1. The summed E-state index contributed by atoms with van der Waals surface area (Å²) in [6.07, 6.45) is 0. The standard InChI is InChI=1S/C46H29NOS/c1-2-12-31(13-3-1)36-27-28-41(45-44(36)40-16-6-8-19-42(40)48-45)47(35-26-21-30-11-4-5-14-33(30)29-35)34-24-22-32(23-25-34)37-17-10-18-39-38-15-7-9-20-43(38)49-46(37)39/h1-29H. The van der Waals surface area contributed by atoms with Crippen molar-refractivity contribution in [3.8, 4) is 22.3 Å². The summed E-state index contributed by atoms with van der Waals surface area (Å²) in [4.78, 5) is 2.34. The second kappa shape index (κ2) is 11.2. The number of furan rings is 1. The van der Waals surface area contributed by atoms with Gasteiger partial charge in [-0.1, -0.05) is 133 Å². The van der Waals surface area contributed by atoms with Crippen LogP contribution < -0.4 is 4.90 Å². The van der Waals surface area contributed by atoms with Gasteiger partial charge in [0, 0.05) is 42.3 Å². The van der Waals surface area contributed by atoms with Gasteiger partial charge in [-0.05, 0) is 75.5 Å². The Bertz CT molecular complexity index is 2830. The molecule has 0 saturated carbocycles. The lowest BCUT2D eigenvalue weighted by Gasteiger charge is -2.26. The van der Waals surface area contributed by atoms with Crippen LogP contribution in [0.1, 0.15) is 0 Å². The molecule has 0 aliphatic heterocycles. The van der Waals surface area contributed by atoms with Crippen molar-refractivity contribution in [3.63, 3.8) is 0 Å². The number of nitrogens with zero attached hydrogens (tertiary/aromatic N) is 1. The lowest BCUT2D eigenvalue weighted by atomic mass is 9.98. The SMILES string of the molecule is c1ccc(-c2ccc(N(c3ccc(-c4cccc5c4sc4ccccc45)cc3)c3ccc4ccccc4c3)c3oc4ccccc4c23)cc1. The van der Waals surface area contributed by atoms with Gasteiger partial charge in [-0.2, -0.15) is 0 Å². The van der Waals surface area contributed by atoms with E-state index in [0.717, 1.165) is 44.6 Å². The number of hydrogen-bond donors (Lipinski definition) is 0. The fraction of sp³-hybridized carbons (Fsp3) is 0. The van der Waals surface area contributed by atoms with Crippen LogP contribution >= 0.6 is 11.3 Å². The topological polar surface area (TPSA) is 16.4 Å². The minimum Gasteiger partial charge on any atom is -0.454 e. The molecule has 8 aromatic carbocycles. The summed E-state index contributed by atoms with van der Waals surface area (Å²) in [6.45, 7) is 0. The van der Waals surface area contributed by atoms with Crippen LogP contribution in [0.4, 0.5) is 17.1 Å². The molecule has 0 N–H and O–H groups in total. The van der Waals surface area contributed by atoms with Gasteiger partial charge in [-0.25, -0.2) is 0 Å². The molecule has 10 aromatic rings. The average Bonchev–Trinajstić information content (AvgIpc) is 3.75. The van der Waals surface area contributed by atoms with Crippen LogP contribution in [0.15, 0.2) is 180 Å². The second-order valence-electron chi connectivity index (χ2n) is 12.5. The summed E-state index contributed by atoms with van der Waals surface area (Å²) in [5.74, 6) is 0. The first-order valence-corrected chi connectivity index (χ1v) is 17.4. The van der Waals surface area contributed by atoms with Crippen molar-refractivity contribution in [2.45, 2.75) is 0 Å². The summed E-state index contributed by atoms with van der Waals surface area (Å²) in [7, 11) is 0. The molecule has 10 rings (SSSR count). The molecule has 2 heterocycles. The number of rotatable bonds is 5. The van der Waals surface area contributed by atoms with Crippen LogP contribution in [0, 0.1) is 0 Å². The molecule has 0 bridgehead atoms. The molecular weight excluding hydrogens is 615 g/mol. The maximum Gasteiger partial charge on any atom is 0.160 e. The molecule has 0 aliphatic carbocycles. The van der Waals surface area contributed by atoms with Crippen molar-refractivity contribution in [2.75, 3.05) is 4.90 Å². The maximum absolute atomic E-state index is 6.79. The van der Waals surface area contributed by atoms with Crippen molar-refractivity contribution < 1.29 is 4.42 Å². The Kier molecular flexibility index (Phi) is 6.39. The smallest absolute Gasteiger partial charge is 0.160 e. The normalized spacial score (nSPS) is 11.7. The van der Waals surface area contributed by atoms with Gasteiger partial charge in [0.1, 0.15) is 5.58 Å². The van der Waals surface area contributed by atoms with Gasteiger partial charge in [0.2, 0.25) is 0 Å². The van der Waals surface area contributed by atoms with Gasteiger partial charge in [0.05, 0.1) is 5.69 Å². The molecule has 230 valence electrons. The highest BCUT2D eigenvalue weighted by molar-refractivity contribution is 7.26. The average molecular weight is 644 g/mol. The van der Waals surface area contributed by atoms with Gasteiger partial charge in [0.15, 0.2) is 5.58 Å². The van der Waals surface area contributed by atoms with E-state index in [9.17, 15) is 0 Å². The van der Waals surface area contributed by atoms with Crippen LogP contribution in [0.3, 0.4) is 0 Å². The van der Waals surface area contributed by atoms with Gasteiger partial charge in [0.25, 0.3) is 0 Å². The first kappa shape index (κ1) is 27.9. The summed E-state index contributed by atoms with van der Waals surface area (Å²) >= 11 is 1.87. The van der Waals surface area contributed by atoms with Crippen molar-refractivity contribution in [1.82, 2.24) is 0 Å². The van der Waals surface area contributed by atoms with E-state index in [2.05, 4.69) is 175 Å². The van der Waals surface area contributed by atoms with E-state index in [1.807, 2.05) is 17.4 Å². The van der Waals surface area contributed by atoms with Crippen LogP contribution in [0.25, 0.3) is 75.1 Å². The Morgan fingerprint density at radius 2 is 1.14 bits per heavy atom. The van der Waals surface area contributed by atoms with Crippen LogP contribution in [-0.2, 0) is 0 Å². The van der Waals surface area contributed by atoms with Gasteiger partial charge < -0.3 is 9.32 Å². The van der Waals surface area contributed by atoms with E-state index in [1.165, 1.54) is 47.6 Å². The number of fused-ring (bicyclic) bond motifs is 7. The molecule has 0 amide bonds. The van der Waals surface area contributed by atoms with E-state index in [4.69, 9.17) is 4.42 Å². The molecule has 0 spiro atoms. The molecule has 49 heavy (non-hydrogen) atoms. The fourth-order valence-electron chi connectivity index (χ4n) is 7.36. The molecule has 0 saturated heterocycles. The van der Waals surface area contributed by atoms with Crippen molar-refractivity contribution in [1.29, 1.82) is 0 Å². The van der Waals surface area contributed by atoms with E-state index in [0.29, 0.717) is 0 Å². The molecule has 0 aliphatic rings. The van der Waals surface area contributed by atoms with E-state index in [-0.39, 0.29) is 0 Å². The summed E-state index contributed by atoms with van der Waals surface area (Å²) < 4.78 is 9.43. The van der Waals surface area contributed by atoms with Crippen molar-refractivity contribution >= 4 is 81.3 Å². The molecule has 2 nitrogen and oxygen atoms in total. The Balaban J connectivity index is 1.19. The van der Waals surface area contributed by atoms with Crippen LogP contribution in [-0.4, -0.2) is 0 Å². The minimum atomic E-state index is 0.870. The van der Waals surface area contributed by atoms with Gasteiger partial charge in [-0.3, -0.25) is 0 Å². The highest BCUT2D eigenvalue weighted by atomic mass is 32.1. The van der Waals surface area contributed by atoms with E-state index >= 15 is 0 Å². The lowest BCUT2D eigenvalue weighted by Crippen LogP contribution is -2.10. The Labute approximate surface area is 287 Å². The van der Waals surface area contributed by atoms with Crippen molar-refractivity contribution in [2.24, 2.45) is 0 Å². The zero-order valence-corrected chi connectivity index (χ0v) is 27.3. The van der Waals surface area contributed by atoms with E-state index in [1.54, 1.807) is 0 Å². The predicted molar refractivity (Wildman–Crippen MR) is 210 cm³/mol. The molecular formula is C46H29NOS. The number of benzene rings is 8. The van der Waals surface area contributed by atoms with Gasteiger partial charge >= 0.3 is 0 Å². The summed E-state index contributed by atoms with van der Waals surface area (Å²) in [5.41, 5.74) is 9.69. The van der Waals surface area contributed by atoms with Crippen LogP contribution in [0.5, 0.6) is 0 Å². The Morgan fingerprint density at radius 3 is 2.02 bits per heavy atom. The quantitative estimate of drug-likeness (QED) is 0.186. The summed E-state index contributed by atoms with van der Waals surface area (Å²) in [6, 6.07) is 63.1. The van der Waals surface area contributed by atoms with Crippen molar-refractivity contribution in [3.05, 3.63) is 176 Å². The number of para-hydroxylation sites is 1. The third kappa shape index (κ3) is 4.55. The zero-order valence-electron chi connectivity index (χ0n) is 26.5. The van der Waals surface area contributed by atoms with E-state index < -0.39 is 0 Å². The highest BCUT2D eigenvalue weighted by Gasteiger charge is 2.22. The minimum absolute atomic E-state index is 0.870. The zero-order chi connectivity index (χ0) is 32.3. The number of hydrogen-bond acceptors (Lipinski definition) is 3. The molecule has 2 aromatic heterocycles. The lowest BCUT2D eigenvalue weighted by molar-refractivity contribution is 0.669. The van der Waals surface area contributed by atoms with Crippen LogP contribution in [0.2, 0.25) is 0 Å². The summed E-state index contributed by atoms with van der Waals surface area (Å²) in [5, 5.41) is 7.27. The third-order valence-electron chi connectivity index (χ3n) is 9.66. The molecule has 0 unspecified atom stereocenters.